The van der Waals surface area contributed by atoms with Gasteiger partial charge in [0.25, 0.3) is 0 Å². The maximum absolute atomic E-state index is 9.27. The van der Waals surface area contributed by atoms with Gasteiger partial charge in [-0.2, -0.15) is 5.26 Å². The van der Waals surface area contributed by atoms with E-state index in [-0.39, 0.29) is 0 Å². The number of benzene rings is 1. The number of thiazole rings is 1. The fourth-order valence-electron chi connectivity index (χ4n) is 2.55. The molecule has 0 saturated heterocycles. The van der Waals surface area contributed by atoms with E-state index in [4.69, 9.17) is 4.98 Å². The van der Waals surface area contributed by atoms with E-state index in [1.54, 1.807) is 11.3 Å². The average Bonchev–Trinajstić information content (AvgIpc) is 2.84. The molecule has 3 rings (SSSR count). The maximum atomic E-state index is 9.27. The molecule has 0 fully saturated rings. The van der Waals surface area contributed by atoms with Crippen LogP contribution in [0.25, 0.3) is 11.3 Å². The van der Waals surface area contributed by atoms with Crippen LogP contribution >= 0.6 is 11.3 Å². The molecule has 0 aliphatic heterocycles. The molecule has 1 aromatic carbocycles. The quantitative estimate of drug-likeness (QED) is 0.774. The molecule has 2 nitrogen and oxygen atoms in total. The zero-order valence-corrected chi connectivity index (χ0v) is 12.2. The molecular weight excluding hydrogens is 252 g/mol. The van der Waals surface area contributed by atoms with Crippen LogP contribution in [0.1, 0.15) is 42.1 Å². The summed E-state index contributed by atoms with van der Waals surface area (Å²) in [5.41, 5.74) is 3.21. The first kappa shape index (κ1) is 12.4. The van der Waals surface area contributed by atoms with E-state index in [2.05, 4.69) is 37.3 Å². The molecular formula is C16H16N2S. The second kappa shape index (κ2) is 4.18. The zero-order chi connectivity index (χ0) is 13.6. The van der Waals surface area contributed by atoms with Gasteiger partial charge >= 0.3 is 0 Å². The van der Waals surface area contributed by atoms with Crippen LogP contribution in [0.2, 0.25) is 0 Å². The monoisotopic (exact) mass is 268 g/mol. The van der Waals surface area contributed by atoms with Gasteiger partial charge in [0, 0.05) is 10.4 Å². The fraction of sp³-hybridized carbons (Fsp3) is 0.375. The largest absolute Gasteiger partial charge is 0.239 e. The van der Waals surface area contributed by atoms with E-state index < -0.39 is 5.41 Å². The van der Waals surface area contributed by atoms with Gasteiger partial charge in [0.05, 0.1) is 11.8 Å². The Morgan fingerprint density at radius 3 is 2.84 bits per heavy atom. The first-order valence-corrected chi connectivity index (χ1v) is 7.35. The van der Waals surface area contributed by atoms with Crippen LogP contribution in [-0.4, -0.2) is 4.98 Å². The normalized spacial score (nSPS) is 17.5. The molecule has 1 aliphatic rings. The van der Waals surface area contributed by atoms with Crippen molar-refractivity contribution in [3.05, 3.63) is 39.7 Å². The second-order valence-electron chi connectivity index (χ2n) is 5.72. The molecule has 96 valence electrons. The maximum Gasteiger partial charge on any atom is 0.113 e. The molecule has 3 heteroatoms. The molecule has 1 unspecified atom stereocenters. The highest BCUT2D eigenvalue weighted by Gasteiger charge is 2.30. The highest BCUT2D eigenvalue weighted by atomic mass is 32.1. The SMILES string of the molecule is CC1Cc2sc(C(C)(C)C#N)nc2-c2ccccc21. The Morgan fingerprint density at radius 1 is 1.37 bits per heavy atom. The summed E-state index contributed by atoms with van der Waals surface area (Å²) in [6.07, 6.45) is 1.03. The van der Waals surface area contributed by atoms with E-state index in [0.717, 1.165) is 17.1 Å². The molecule has 0 saturated carbocycles. The van der Waals surface area contributed by atoms with Gasteiger partial charge < -0.3 is 0 Å². The lowest BCUT2D eigenvalue weighted by Crippen LogP contribution is -2.13. The van der Waals surface area contributed by atoms with Crippen LogP contribution in [0.15, 0.2) is 24.3 Å². The summed E-state index contributed by atoms with van der Waals surface area (Å²) in [7, 11) is 0. The Balaban J connectivity index is 2.19. The van der Waals surface area contributed by atoms with Crippen molar-refractivity contribution in [3.63, 3.8) is 0 Å². The predicted molar refractivity (Wildman–Crippen MR) is 78.3 cm³/mol. The van der Waals surface area contributed by atoms with Crippen molar-refractivity contribution in [2.24, 2.45) is 0 Å². The fourth-order valence-corrected chi connectivity index (χ4v) is 3.80. The Kier molecular flexibility index (Phi) is 2.72. The van der Waals surface area contributed by atoms with E-state index in [0.29, 0.717) is 5.92 Å². The number of rotatable bonds is 1. The Bertz CT molecular complexity index is 676. The van der Waals surface area contributed by atoms with Gasteiger partial charge in [0.1, 0.15) is 10.4 Å². The zero-order valence-electron chi connectivity index (χ0n) is 11.4. The number of nitriles is 1. The van der Waals surface area contributed by atoms with Crippen LogP contribution in [0.4, 0.5) is 0 Å². The summed E-state index contributed by atoms with van der Waals surface area (Å²) in [6.45, 7) is 6.13. The third-order valence-corrected chi connectivity index (χ3v) is 5.15. The second-order valence-corrected chi connectivity index (χ2v) is 6.80. The highest BCUT2D eigenvalue weighted by molar-refractivity contribution is 7.12. The number of fused-ring (bicyclic) bond motifs is 3. The van der Waals surface area contributed by atoms with Crippen molar-refractivity contribution in [3.8, 4) is 17.3 Å². The van der Waals surface area contributed by atoms with Crippen LogP contribution in [-0.2, 0) is 11.8 Å². The topological polar surface area (TPSA) is 36.7 Å². The molecule has 2 aromatic rings. The Labute approximate surface area is 117 Å². The minimum absolute atomic E-state index is 0.500. The number of aromatic nitrogens is 1. The summed E-state index contributed by atoms with van der Waals surface area (Å²) in [5.74, 6) is 0.530. The summed E-state index contributed by atoms with van der Waals surface area (Å²) >= 11 is 1.70. The van der Waals surface area contributed by atoms with Crippen molar-refractivity contribution in [1.29, 1.82) is 5.26 Å². The van der Waals surface area contributed by atoms with E-state index in [1.165, 1.54) is 16.0 Å². The highest BCUT2D eigenvalue weighted by Crippen LogP contribution is 2.43. The van der Waals surface area contributed by atoms with E-state index in [9.17, 15) is 5.26 Å². The molecule has 19 heavy (non-hydrogen) atoms. The van der Waals surface area contributed by atoms with Crippen LogP contribution in [0, 0.1) is 11.3 Å². The van der Waals surface area contributed by atoms with Gasteiger partial charge in [-0.3, -0.25) is 0 Å². The summed E-state index contributed by atoms with van der Waals surface area (Å²) in [5, 5.41) is 10.2. The minimum Gasteiger partial charge on any atom is -0.239 e. The van der Waals surface area contributed by atoms with Crippen LogP contribution in [0.5, 0.6) is 0 Å². The van der Waals surface area contributed by atoms with Gasteiger partial charge in [0.2, 0.25) is 0 Å². The van der Waals surface area contributed by atoms with Gasteiger partial charge in [-0.15, -0.1) is 11.3 Å². The lowest BCUT2D eigenvalue weighted by atomic mass is 9.85. The standard InChI is InChI=1S/C16H16N2S/c1-10-8-13-14(12-7-5-4-6-11(10)12)18-15(19-13)16(2,3)9-17/h4-7,10H,8H2,1-3H3. The summed E-state index contributed by atoms with van der Waals surface area (Å²) in [4.78, 5) is 6.09. The van der Waals surface area contributed by atoms with Crippen molar-refractivity contribution in [2.75, 3.05) is 0 Å². The minimum atomic E-state index is -0.500. The molecule has 0 bridgehead atoms. The number of nitrogens with zero attached hydrogens (tertiary/aromatic N) is 2. The lowest BCUT2D eigenvalue weighted by Gasteiger charge is -2.21. The average molecular weight is 268 g/mol. The first-order chi connectivity index (χ1) is 9.03. The molecule has 1 atom stereocenters. The van der Waals surface area contributed by atoms with Crippen molar-refractivity contribution >= 4 is 11.3 Å². The molecule has 0 spiro atoms. The smallest absolute Gasteiger partial charge is 0.113 e. The van der Waals surface area contributed by atoms with Crippen molar-refractivity contribution in [1.82, 2.24) is 4.98 Å². The van der Waals surface area contributed by atoms with Crippen molar-refractivity contribution in [2.45, 2.75) is 38.5 Å². The van der Waals surface area contributed by atoms with Gasteiger partial charge in [-0.1, -0.05) is 31.2 Å². The van der Waals surface area contributed by atoms with E-state index in [1.807, 2.05) is 13.8 Å². The Hall–Kier alpha value is -1.66. The number of hydrogen-bond acceptors (Lipinski definition) is 3. The van der Waals surface area contributed by atoms with Crippen LogP contribution < -0.4 is 0 Å². The number of hydrogen-bond donors (Lipinski definition) is 0. The first-order valence-electron chi connectivity index (χ1n) is 6.53. The summed E-state index contributed by atoms with van der Waals surface area (Å²) < 4.78 is 0. The molecule has 0 amide bonds. The van der Waals surface area contributed by atoms with E-state index >= 15 is 0 Å². The van der Waals surface area contributed by atoms with Crippen LogP contribution in [0.3, 0.4) is 0 Å². The molecule has 1 aromatic heterocycles. The van der Waals surface area contributed by atoms with Gasteiger partial charge in [0.15, 0.2) is 0 Å². The molecule has 0 radical (unpaired) electrons. The van der Waals surface area contributed by atoms with Gasteiger partial charge in [-0.25, -0.2) is 4.98 Å². The van der Waals surface area contributed by atoms with Crippen molar-refractivity contribution < 1.29 is 0 Å². The molecule has 1 aliphatic carbocycles. The molecule has 1 heterocycles. The third-order valence-electron chi connectivity index (χ3n) is 3.75. The van der Waals surface area contributed by atoms with Gasteiger partial charge in [-0.05, 0) is 31.7 Å². The Morgan fingerprint density at radius 2 is 2.11 bits per heavy atom. The lowest BCUT2D eigenvalue weighted by molar-refractivity contribution is 0.680. The third kappa shape index (κ3) is 1.87. The molecule has 0 N–H and O–H groups in total. The summed E-state index contributed by atoms with van der Waals surface area (Å²) in [6, 6.07) is 10.8. The predicted octanol–water partition coefficient (Wildman–Crippen LogP) is 4.27.